The van der Waals surface area contributed by atoms with Gasteiger partial charge in [-0.25, -0.2) is 4.98 Å². The van der Waals surface area contributed by atoms with E-state index < -0.39 is 0 Å². The molecule has 0 N–H and O–H groups in total. The first-order chi connectivity index (χ1) is 22.8. The number of hydrogen-bond acceptors (Lipinski definition) is 2. The Bertz CT molecular complexity index is 2310. The van der Waals surface area contributed by atoms with E-state index in [0.717, 1.165) is 67.6 Å². The highest BCUT2D eigenvalue weighted by Crippen LogP contribution is 2.51. The van der Waals surface area contributed by atoms with Gasteiger partial charge in [-0.05, 0) is 59.7 Å². The van der Waals surface area contributed by atoms with E-state index in [4.69, 9.17) is 9.72 Å². The van der Waals surface area contributed by atoms with Crippen LogP contribution in [0, 0.1) is 0 Å². The van der Waals surface area contributed by atoms with Crippen LogP contribution in [0.3, 0.4) is 0 Å². The fourth-order valence-electron chi connectivity index (χ4n) is 6.68. The van der Waals surface area contributed by atoms with Crippen molar-refractivity contribution in [1.82, 2.24) is 9.55 Å². The first-order valence-corrected chi connectivity index (χ1v) is 15.6. The fourth-order valence-corrected chi connectivity index (χ4v) is 6.68. The second-order valence-corrected chi connectivity index (χ2v) is 11.6. The maximum atomic E-state index is 6.53. The lowest BCUT2D eigenvalue weighted by Crippen LogP contribution is -1.98. The molecule has 6 aromatic carbocycles. The summed E-state index contributed by atoms with van der Waals surface area (Å²) in [6.07, 6.45) is 0. The average Bonchev–Trinajstić information content (AvgIpc) is 3.40. The smallest absolute Gasteiger partial charge is 0.136 e. The molecular formula is C43H28N2O. The fraction of sp³-hybridized carbons (Fsp3) is 0. The molecule has 0 saturated carbocycles. The van der Waals surface area contributed by atoms with Crippen LogP contribution >= 0.6 is 0 Å². The third kappa shape index (κ3) is 4.33. The molecule has 0 unspecified atom stereocenters. The third-order valence-electron chi connectivity index (χ3n) is 8.82. The van der Waals surface area contributed by atoms with E-state index >= 15 is 0 Å². The van der Waals surface area contributed by atoms with Crippen molar-refractivity contribution >= 4 is 10.9 Å². The molecule has 9 rings (SSSR count). The van der Waals surface area contributed by atoms with E-state index in [9.17, 15) is 0 Å². The van der Waals surface area contributed by atoms with E-state index in [0.29, 0.717) is 0 Å². The molecule has 3 heterocycles. The summed E-state index contributed by atoms with van der Waals surface area (Å²) in [7, 11) is 0. The number of para-hydroxylation sites is 3. The number of ether oxygens (including phenoxy) is 1. The topological polar surface area (TPSA) is 27.1 Å². The number of pyridine rings is 1. The standard InChI is InChI=1S/C43H28N2O/c1-3-13-29(14-4-1)32-27-37(30-15-5-2-6-16-30)44-38(28-32)31-23-25-33(26-24-31)45-39-20-10-7-17-34(39)42-35-18-8-11-21-40(35)46-41-22-12-9-19-36(41)43(42)45/h1-28H. The number of hydrogen-bond donors (Lipinski definition) is 0. The van der Waals surface area contributed by atoms with Gasteiger partial charge in [-0.1, -0.05) is 121 Å². The molecule has 1 aliphatic heterocycles. The van der Waals surface area contributed by atoms with Gasteiger partial charge in [0.15, 0.2) is 0 Å². The van der Waals surface area contributed by atoms with Crippen LogP contribution in [0.4, 0.5) is 0 Å². The van der Waals surface area contributed by atoms with Crippen LogP contribution in [0.15, 0.2) is 170 Å². The van der Waals surface area contributed by atoms with Crippen LogP contribution < -0.4 is 4.74 Å². The van der Waals surface area contributed by atoms with Crippen molar-refractivity contribution in [2.45, 2.75) is 0 Å². The first kappa shape index (κ1) is 26.2. The molecule has 216 valence electrons. The third-order valence-corrected chi connectivity index (χ3v) is 8.82. The van der Waals surface area contributed by atoms with Crippen molar-refractivity contribution in [3.8, 4) is 73.2 Å². The van der Waals surface area contributed by atoms with Crippen LogP contribution in [-0.4, -0.2) is 9.55 Å². The minimum atomic E-state index is 0.852. The highest BCUT2D eigenvalue weighted by atomic mass is 16.5. The largest absolute Gasteiger partial charge is 0.456 e. The van der Waals surface area contributed by atoms with Crippen molar-refractivity contribution in [3.63, 3.8) is 0 Å². The predicted molar refractivity (Wildman–Crippen MR) is 188 cm³/mol. The molecule has 0 aliphatic carbocycles. The van der Waals surface area contributed by atoms with Gasteiger partial charge >= 0.3 is 0 Å². The highest BCUT2D eigenvalue weighted by Gasteiger charge is 2.28. The second-order valence-electron chi connectivity index (χ2n) is 11.6. The molecule has 3 heteroatoms. The molecule has 0 amide bonds. The Morgan fingerprint density at radius 1 is 0.435 bits per heavy atom. The molecule has 3 nitrogen and oxygen atoms in total. The molecular weight excluding hydrogens is 560 g/mol. The van der Waals surface area contributed by atoms with Gasteiger partial charge in [-0.15, -0.1) is 0 Å². The Hall–Kier alpha value is -6.19. The summed E-state index contributed by atoms with van der Waals surface area (Å²) in [6.45, 7) is 0. The van der Waals surface area contributed by atoms with Crippen LogP contribution in [-0.2, 0) is 0 Å². The molecule has 8 aromatic rings. The average molecular weight is 589 g/mol. The maximum Gasteiger partial charge on any atom is 0.136 e. The zero-order valence-electron chi connectivity index (χ0n) is 25.0. The second kappa shape index (κ2) is 10.8. The van der Waals surface area contributed by atoms with Crippen molar-refractivity contribution < 1.29 is 4.74 Å². The Morgan fingerprint density at radius 2 is 0.978 bits per heavy atom. The Balaban J connectivity index is 1.24. The van der Waals surface area contributed by atoms with E-state index in [1.165, 1.54) is 16.5 Å². The van der Waals surface area contributed by atoms with E-state index in [2.05, 4.69) is 156 Å². The lowest BCUT2D eigenvalue weighted by atomic mass is 9.98. The quantitative estimate of drug-likeness (QED) is 0.204. The molecule has 0 fully saturated rings. The SMILES string of the molecule is c1ccc(-c2cc(-c3ccccc3)nc(-c3ccc(-n4c5c(c6ccccc64)-c4ccccc4Oc4ccccc4-5)cc3)c2)cc1. The summed E-state index contributed by atoms with van der Waals surface area (Å²) in [6, 6.07) is 59.4. The Morgan fingerprint density at radius 3 is 1.70 bits per heavy atom. The zero-order valence-corrected chi connectivity index (χ0v) is 25.0. The molecule has 0 radical (unpaired) electrons. The predicted octanol–water partition coefficient (Wildman–Crippen LogP) is 11.5. The van der Waals surface area contributed by atoms with Gasteiger partial charge < -0.3 is 9.30 Å². The van der Waals surface area contributed by atoms with E-state index in [-0.39, 0.29) is 0 Å². The number of benzene rings is 6. The van der Waals surface area contributed by atoms with Gasteiger partial charge in [0.2, 0.25) is 0 Å². The lowest BCUT2D eigenvalue weighted by Gasteiger charge is -2.15. The van der Waals surface area contributed by atoms with E-state index in [1.54, 1.807) is 0 Å². The Labute approximate surface area is 267 Å². The Kier molecular flexibility index (Phi) is 6.14. The van der Waals surface area contributed by atoms with Crippen molar-refractivity contribution in [3.05, 3.63) is 170 Å². The van der Waals surface area contributed by atoms with Gasteiger partial charge in [0.05, 0.1) is 22.6 Å². The zero-order chi connectivity index (χ0) is 30.5. The van der Waals surface area contributed by atoms with Gasteiger partial charge in [-0.2, -0.15) is 0 Å². The molecule has 0 saturated heterocycles. The monoisotopic (exact) mass is 588 g/mol. The number of nitrogens with zero attached hydrogens (tertiary/aromatic N) is 2. The minimum Gasteiger partial charge on any atom is -0.456 e. The maximum absolute atomic E-state index is 6.53. The van der Waals surface area contributed by atoms with E-state index in [1.807, 2.05) is 18.2 Å². The van der Waals surface area contributed by atoms with Gasteiger partial charge in [-0.3, -0.25) is 0 Å². The molecule has 1 aliphatic rings. The number of fused-ring (bicyclic) bond motifs is 7. The number of aromatic nitrogens is 2. The van der Waals surface area contributed by atoms with Crippen molar-refractivity contribution in [2.24, 2.45) is 0 Å². The van der Waals surface area contributed by atoms with Crippen molar-refractivity contribution in [2.75, 3.05) is 0 Å². The summed E-state index contributed by atoms with van der Waals surface area (Å²) in [5, 5.41) is 1.19. The summed E-state index contributed by atoms with van der Waals surface area (Å²) in [5.41, 5.74) is 13.1. The van der Waals surface area contributed by atoms with Crippen molar-refractivity contribution in [1.29, 1.82) is 0 Å². The van der Waals surface area contributed by atoms with Crippen LogP contribution in [0.25, 0.3) is 72.6 Å². The van der Waals surface area contributed by atoms with Gasteiger partial charge in [0, 0.05) is 38.9 Å². The van der Waals surface area contributed by atoms with Crippen LogP contribution in [0.5, 0.6) is 11.5 Å². The van der Waals surface area contributed by atoms with Crippen LogP contribution in [0.1, 0.15) is 0 Å². The molecule has 2 aromatic heterocycles. The summed E-state index contributed by atoms with van der Waals surface area (Å²) >= 11 is 0. The molecule has 46 heavy (non-hydrogen) atoms. The summed E-state index contributed by atoms with van der Waals surface area (Å²) in [4.78, 5) is 5.16. The highest BCUT2D eigenvalue weighted by molar-refractivity contribution is 6.08. The molecule has 0 spiro atoms. The number of rotatable bonds is 4. The normalized spacial score (nSPS) is 11.7. The summed E-state index contributed by atoms with van der Waals surface area (Å²) < 4.78 is 8.91. The van der Waals surface area contributed by atoms with Gasteiger partial charge in [0.1, 0.15) is 11.5 Å². The first-order valence-electron chi connectivity index (χ1n) is 15.6. The molecule has 0 atom stereocenters. The lowest BCUT2D eigenvalue weighted by molar-refractivity contribution is 0.487. The van der Waals surface area contributed by atoms with Gasteiger partial charge in [0.25, 0.3) is 0 Å². The molecule has 0 bridgehead atoms. The summed E-state index contributed by atoms with van der Waals surface area (Å²) in [5.74, 6) is 1.72. The minimum absolute atomic E-state index is 0.852. The van der Waals surface area contributed by atoms with Crippen LogP contribution in [0.2, 0.25) is 0 Å².